The fraction of sp³-hybridized carbons (Fsp3) is 0.250. The lowest BCUT2D eigenvalue weighted by atomic mass is 10.3. The van der Waals surface area contributed by atoms with Crippen LogP contribution in [0.4, 0.5) is 10.1 Å². The standard InChI is InChI=1S/C12H13ClFN3O/c1-7-12(13)10(17(2)16-7)6-18-11-4-3-8(14)5-9(11)15/h3-5H,6,15H2,1-2H3. The summed E-state index contributed by atoms with van der Waals surface area (Å²) < 4.78 is 20.0. The van der Waals surface area contributed by atoms with Gasteiger partial charge in [0.25, 0.3) is 0 Å². The Morgan fingerprint density at radius 1 is 1.50 bits per heavy atom. The number of nitrogen functional groups attached to an aromatic ring is 1. The molecule has 0 saturated carbocycles. The zero-order valence-corrected chi connectivity index (χ0v) is 10.8. The molecule has 0 atom stereocenters. The topological polar surface area (TPSA) is 53.1 Å². The first-order valence-corrected chi connectivity index (χ1v) is 5.72. The monoisotopic (exact) mass is 269 g/mol. The van der Waals surface area contributed by atoms with Crippen molar-refractivity contribution in [1.82, 2.24) is 9.78 Å². The van der Waals surface area contributed by atoms with Crippen molar-refractivity contribution >= 4 is 17.3 Å². The van der Waals surface area contributed by atoms with E-state index in [9.17, 15) is 4.39 Å². The van der Waals surface area contributed by atoms with Crippen LogP contribution in [0.2, 0.25) is 5.02 Å². The third-order valence-corrected chi connectivity index (χ3v) is 3.09. The lowest BCUT2D eigenvalue weighted by Gasteiger charge is -2.09. The first kappa shape index (κ1) is 12.7. The molecule has 18 heavy (non-hydrogen) atoms. The van der Waals surface area contributed by atoms with Crippen molar-refractivity contribution in [1.29, 1.82) is 0 Å². The highest BCUT2D eigenvalue weighted by Gasteiger charge is 2.12. The average Bonchev–Trinajstić information content (AvgIpc) is 2.53. The van der Waals surface area contributed by atoms with Crippen LogP contribution in [0.5, 0.6) is 5.75 Å². The van der Waals surface area contributed by atoms with Crippen LogP contribution in [0.1, 0.15) is 11.4 Å². The number of hydrogen-bond donors (Lipinski definition) is 1. The molecule has 0 spiro atoms. The van der Waals surface area contributed by atoms with Crippen molar-refractivity contribution < 1.29 is 9.13 Å². The van der Waals surface area contributed by atoms with Gasteiger partial charge in [-0.15, -0.1) is 0 Å². The largest absolute Gasteiger partial charge is 0.485 e. The highest BCUT2D eigenvalue weighted by atomic mass is 35.5. The second kappa shape index (κ2) is 4.86. The number of nitrogens with two attached hydrogens (primary N) is 1. The maximum Gasteiger partial charge on any atom is 0.142 e. The minimum Gasteiger partial charge on any atom is -0.485 e. The summed E-state index contributed by atoms with van der Waals surface area (Å²) >= 11 is 6.09. The highest BCUT2D eigenvalue weighted by Crippen LogP contribution is 2.25. The summed E-state index contributed by atoms with van der Waals surface area (Å²) in [5.41, 5.74) is 7.39. The zero-order chi connectivity index (χ0) is 13.3. The van der Waals surface area contributed by atoms with Crippen LogP contribution in [-0.2, 0) is 13.7 Å². The summed E-state index contributed by atoms with van der Waals surface area (Å²) in [6.45, 7) is 2.05. The van der Waals surface area contributed by atoms with Crippen LogP contribution in [0.3, 0.4) is 0 Å². The fourth-order valence-corrected chi connectivity index (χ4v) is 1.85. The Kier molecular flexibility index (Phi) is 3.43. The van der Waals surface area contributed by atoms with Gasteiger partial charge in [-0.25, -0.2) is 4.39 Å². The van der Waals surface area contributed by atoms with Gasteiger partial charge in [-0.2, -0.15) is 5.10 Å². The van der Waals surface area contributed by atoms with E-state index in [2.05, 4.69) is 5.10 Å². The minimum absolute atomic E-state index is 0.228. The molecule has 0 unspecified atom stereocenters. The molecule has 0 radical (unpaired) electrons. The SMILES string of the molecule is Cc1nn(C)c(COc2ccc(F)cc2N)c1Cl. The van der Waals surface area contributed by atoms with Gasteiger partial charge in [-0.1, -0.05) is 11.6 Å². The number of aromatic nitrogens is 2. The molecule has 0 amide bonds. The molecule has 0 aliphatic rings. The van der Waals surface area contributed by atoms with Crippen LogP contribution in [0.25, 0.3) is 0 Å². The number of halogens is 2. The second-order valence-corrected chi connectivity index (χ2v) is 4.32. The summed E-state index contributed by atoms with van der Waals surface area (Å²) in [5, 5.41) is 4.74. The summed E-state index contributed by atoms with van der Waals surface area (Å²) in [6.07, 6.45) is 0. The summed E-state index contributed by atoms with van der Waals surface area (Å²) in [7, 11) is 1.78. The van der Waals surface area contributed by atoms with Crippen molar-refractivity contribution in [2.24, 2.45) is 7.05 Å². The molecule has 2 rings (SSSR count). The molecule has 2 aromatic rings. The summed E-state index contributed by atoms with van der Waals surface area (Å²) in [6, 6.07) is 4.00. The van der Waals surface area contributed by atoms with Crippen molar-refractivity contribution in [3.63, 3.8) is 0 Å². The van der Waals surface area contributed by atoms with Crippen LogP contribution in [0.15, 0.2) is 18.2 Å². The smallest absolute Gasteiger partial charge is 0.142 e. The Hall–Kier alpha value is -1.75. The molecular formula is C12H13ClFN3O. The summed E-state index contributed by atoms with van der Waals surface area (Å²) in [4.78, 5) is 0. The lowest BCUT2D eigenvalue weighted by Crippen LogP contribution is -2.05. The predicted molar refractivity (Wildman–Crippen MR) is 68.1 cm³/mol. The number of nitrogens with zero attached hydrogens (tertiary/aromatic N) is 2. The van der Waals surface area contributed by atoms with Gasteiger partial charge in [-0.05, 0) is 19.1 Å². The van der Waals surface area contributed by atoms with E-state index in [1.165, 1.54) is 18.2 Å². The summed E-state index contributed by atoms with van der Waals surface area (Å²) in [5.74, 6) is 0.0283. The molecule has 96 valence electrons. The second-order valence-electron chi connectivity index (χ2n) is 3.94. The van der Waals surface area contributed by atoms with Crippen molar-refractivity contribution in [3.8, 4) is 5.75 Å². The van der Waals surface area contributed by atoms with Gasteiger partial charge in [0.1, 0.15) is 18.2 Å². The average molecular weight is 270 g/mol. The molecule has 2 N–H and O–H groups in total. The molecule has 0 aliphatic heterocycles. The number of aryl methyl sites for hydroxylation is 2. The van der Waals surface area contributed by atoms with Gasteiger partial charge in [0.2, 0.25) is 0 Å². The predicted octanol–water partition coefficient (Wildman–Crippen LogP) is 2.68. The van der Waals surface area contributed by atoms with E-state index >= 15 is 0 Å². The Labute approximate surface area is 109 Å². The van der Waals surface area contributed by atoms with E-state index in [1.54, 1.807) is 11.7 Å². The van der Waals surface area contributed by atoms with E-state index in [0.29, 0.717) is 10.8 Å². The molecule has 0 saturated heterocycles. The van der Waals surface area contributed by atoms with Crippen molar-refractivity contribution in [2.45, 2.75) is 13.5 Å². The van der Waals surface area contributed by atoms with E-state index < -0.39 is 5.82 Å². The maximum atomic E-state index is 12.9. The van der Waals surface area contributed by atoms with Gasteiger partial charge in [0.05, 0.1) is 22.1 Å². The van der Waals surface area contributed by atoms with E-state index in [4.69, 9.17) is 22.1 Å². The fourth-order valence-electron chi connectivity index (χ4n) is 1.63. The first-order chi connectivity index (χ1) is 8.49. The molecule has 0 fully saturated rings. The van der Waals surface area contributed by atoms with Gasteiger partial charge in [-0.3, -0.25) is 4.68 Å². The van der Waals surface area contributed by atoms with E-state index in [0.717, 1.165) is 11.4 Å². The normalized spacial score (nSPS) is 10.7. The number of anilines is 1. The van der Waals surface area contributed by atoms with Crippen molar-refractivity contribution in [3.05, 3.63) is 40.4 Å². The van der Waals surface area contributed by atoms with Crippen LogP contribution in [0, 0.1) is 12.7 Å². The molecule has 1 heterocycles. The Morgan fingerprint density at radius 3 is 2.78 bits per heavy atom. The number of ether oxygens (including phenoxy) is 1. The van der Waals surface area contributed by atoms with E-state index in [1.807, 2.05) is 6.92 Å². The van der Waals surface area contributed by atoms with Gasteiger partial charge < -0.3 is 10.5 Å². The maximum absolute atomic E-state index is 12.9. The molecular weight excluding hydrogens is 257 g/mol. The molecule has 1 aromatic carbocycles. The van der Waals surface area contributed by atoms with Crippen LogP contribution < -0.4 is 10.5 Å². The Morgan fingerprint density at radius 2 is 2.22 bits per heavy atom. The highest BCUT2D eigenvalue weighted by molar-refractivity contribution is 6.31. The molecule has 1 aromatic heterocycles. The van der Waals surface area contributed by atoms with Gasteiger partial charge >= 0.3 is 0 Å². The molecule has 0 bridgehead atoms. The van der Waals surface area contributed by atoms with Crippen LogP contribution in [-0.4, -0.2) is 9.78 Å². The molecule has 0 aliphatic carbocycles. The minimum atomic E-state index is -0.394. The molecule has 4 nitrogen and oxygen atoms in total. The number of benzene rings is 1. The zero-order valence-electron chi connectivity index (χ0n) is 10.1. The third-order valence-electron chi connectivity index (χ3n) is 2.60. The van der Waals surface area contributed by atoms with Gasteiger partial charge in [0, 0.05) is 13.1 Å². The third kappa shape index (κ3) is 2.41. The number of rotatable bonds is 3. The Balaban J connectivity index is 2.16. The Bertz CT molecular complexity index is 583. The van der Waals surface area contributed by atoms with Crippen molar-refractivity contribution in [2.75, 3.05) is 5.73 Å². The molecule has 6 heteroatoms. The lowest BCUT2D eigenvalue weighted by molar-refractivity contribution is 0.296. The number of hydrogen-bond acceptors (Lipinski definition) is 3. The first-order valence-electron chi connectivity index (χ1n) is 5.35. The van der Waals surface area contributed by atoms with E-state index in [-0.39, 0.29) is 12.3 Å². The quantitative estimate of drug-likeness (QED) is 0.872. The van der Waals surface area contributed by atoms with Gasteiger partial charge in [0.15, 0.2) is 0 Å². The van der Waals surface area contributed by atoms with Crippen LogP contribution >= 0.6 is 11.6 Å².